The minimum Gasteiger partial charge on any atom is -0.302 e. The maximum atomic E-state index is 13.6. The van der Waals surface area contributed by atoms with E-state index in [4.69, 9.17) is 4.98 Å². The van der Waals surface area contributed by atoms with Crippen LogP contribution in [0.2, 0.25) is 0 Å². The number of carbonyl (C=O) groups excluding carboxylic acids is 1. The zero-order chi connectivity index (χ0) is 23.3. The Morgan fingerprint density at radius 1 is 1.06 bits per heavy atom. The average Bonchev–Trinajstić information content (AvgIpc) is 3.25. The van der Waals surface area contributed by atoms with Gasteiger partial charge in [0.2, 0.25) is 0 Å². The van der Waals surface area contributed by atoms with Crippen molar-refractivity contribution in [1.29, 1.82) is 0 Å². The molecule has 0 spiro atoms. The predicted octanol–water partition coefficient (Wildman–Crippen LogP) is 5.22. The third kappa shape index (κ3) is 6.27. The molecule has 10 heteroatoms. The molecule has 0 aliphatic heterocycles. The van der Waals surface area contributed by atoms with Gasteiger partial charge < -0.3 is 4.90 Å². The molecule has 0 bridgehead atoms. The lowest BCUT2D eigenvalue weighted by atomic mass is 10.2. The summed E-state index contributed by atoms with van der Waals surface area (Å²) in [6.45, 7) is 8.74. The fraction of sp³-hybridized carbons (Fsp3) is 0.391. The second kappa shape index (κ2) is 12.2. The van der Waals surface area contributed by atoms with Gasteiger partial charge in [0.15, 0.2) is 15.0 Å². The first-order chi connectivity index (χ1) is 15.3. The maximum Gasteiger partial charge on any atom is 0.260 e. The third-order valence-electron chi connectivity index (χ3n) is 5.42. The molecule has 0 aliphatic rings. The number of hydrogen-bond acceptors (Lipinski definition) is 7. The van der Waals surface area contributed by atoms with Crippen LogP contribution >= 0.6 is 35.5 Å². The van der Waals surface area contributed by atoms with Gasteiger partial charge in [-0.15, -0.1) is 24.2 Å². The van der Waals surface area contributed by atoms with Crippen molar-refractivity contribution in [2.45, 2.75) is 30.6 Å². The number of halogens is 1. The quantitative estimate of drug-likeness (QED) is 0.336. The van der Waals surface area contributed by atoms with Crippen LogP contribution in [0.5, 0.6) is 0 Å². The molecule has 33 heavy (non-hydrogen) atoms. The normalized spacial score (nSPS) is 11.5. The number of nitrogens with zero attached hydrogens (tertiary/aromatic N) is 3. The van der Waals surface area contributed by atoms with E-state index < -0.39 is 9.84 Å². The van der Waals surface area contributed by atoms with Crippen molar-refractivity contribution >= 4 is 66.6 Å². The Labute approximate surface area is 210 Å². The van der Waals surface area contributed by atoms with Crippen LogP contribution in [0.1, 0.15) is 31.1 Å². The number of likely N-dealkylation sites (N-methyl/N-ethyl adjacent to an activating group) is 1. The number of rotatable bonds is 10. The highest BCUT2D eigenvalue weighted by Gasteiger charge is 2.24. The summed E-state index contributed by atoms with van der Waals surface area (Å²) in [5, 5.41) is 0.627. The summed E-state index contributed by atoms with van der Waals surface area (Å²) in [5.41, 5.74) is 1.24. The molecule has 0 unspecified atom stereocenters. The zero-order valence-electron chi connectivity index (χ0n) is 19.3. The summed E-state index contributed by atoms with van der Waals surface area (Å²) in [4.78, 5) is 23.6. The number of benzene rings is 2. The summed E-state index contributed by atoms with van der Waals surface area (Å²) in [7, 11) is -3.40. The lowest BCUT2D eigenvalue weighted by Crippen LogP contribution is -2.39. The van der Waals surface area contributed by atoms with E-state index in [1.54, 1.807) is 35.7 Å². The van der Waals surface area contributed by atoms with Crippen molar-refractivity contribution in [2.75, 3.05) is 43.1 Å². The zero-order valence-corrected chi connectivity index (χ0v) is 22.5. The first-order valence-corrected chi connectivity index (χ1v) is 14.3. The van der Waals surface area contributed by atoms with E-state index in [1.807, 2.05) is 24.5 Å². The van der Waals surface area contributed by atoms with Gasteiger partial charge in [-0.3, -0.25) is 9.69 Å². The molecule has 2 aromatic carbocycles. The molecule has 3 rings (SSSR count). The lowest BCUT2D eigenvalue weighted by molar-refractivity contribution is 0.0983. The number of para-hydroxylation sites is 1. The van der Waals surface area contributed by atoms with E-state index in [9.17, 15) is 13.2 Å². The molecule has 0 saturated carbocycles. The summed E-state index contributed by atoms with van der Waals surface area (Å²) in [6, 6.07) is 12.3. The van der Waals surface area contributed by atoms with Crippen molar-refractivity contribution in [1.82, 2.24) is 9.88 Å². The third-order valence-corrected chi connectivity index (χ3v) is 8.97. The minimum atomic E-state index is -3.40. The van der Waals surface area contributed by atoms with E-state index >= 15 is 0 Å². The molecule has 3 aromatic rings. The first kappa shape index (κ1) is 27.6. The Balaban J connectivity index is 0.00000385. The van der Waals surface area contributed by atoms with Crippen LogP contribution in [0.25, 0.3) is 10.2 Å². The highest BCUT2D eigenvalue weighted by atomic mass is 35.5. The van der Waals surface area contributed by atoms with Crippen LogP contribution in [0, 0.1) is 0 Å². The monoisotopic (exact) mass is 527 g/mol. The van der Waals surface area contributed by atoms with Crippen LogP contribution < -0.4 is 4.90 Å². The number of aromatic nitrogens is 1. The lowest BCUT2D eigenvalue weighted by Gasteiger charge is -2.25. The number of fused-ring (bicyclic) bond motifs is 1. The number of carbonyl (C=O) groups is 1. The number of thiazole rings is 1. The predicted molar refractivity (Wildman–Crippen MR) is 142 cm³/mol. The minimum absolute atomic E-state index is 0. The fourth-order valence-corrected chi connectivity index (χ4v) is 5.97. The highest BCUT2D eigenvalue weighted by Crippen LogP contribution is 2.34. The molecule has 0 saturated heterocycles. The highest BCUT2D eigenvalue weighted by molar-refractivity contribution is 7.98. The van der Waals surface area contributed by atoms with Gasteiger partial charge in [0.05, 0.1) is 20.9 Å². The van der Waals surface area contributed by atoms with E-state index in [1.165, 1.54) is 23.5 Å². The number of hydrogen-bond donors (Lipinski definition) is 0. The molecule has 0 atom stereocenters. The number of sulfone groups is 1. The van der Waals surface area contributed by atoms with Crippen molar-refractivity contribution in [3.63, 3.8) is 0 Å². The van der Waals surface area contributed by atoms with Crippen molar-refractivity contribution < 1.29 is 13.2 Å². The summed E-state index contributed by atoms with van der Waals surface area (Å²) in [5.74, 6) is -0.249. The van der Waals surface area contributed by atoms with Gasteiger partial charge in [0.1, 0.15) is 0 Å². The molecule has 0 radical (unpaired) electrons. The largest absolute Gasteiger partial charge is 0.302 e. The van der Waals surface area contributed by atoms with Crippen molar-refractivity contribution in [3.8, 4) is 0 Å². The molecule has 0 fully saturated rings. The van der Waals surface area contributed by atoms with Gasteiger partial charge >= 0.3 is 0 Å². The van der Waals surface area contributed by atoms with Gasteiger partial charge in [-0.25, -0.2) is 13.4 Å². The van der Waals surface area contributed by atoms with E-state index in [-0.39, 0.29) is 29.0 Å². The Kier molecular flexibility index (Phi) is 10.2. The fourth-order valence-electron chi connectivity index (χ4n) is 3.40. The standard InChI is InChI=1S/C23H29N3O3S3.ClH/c1-5-25(6-2)14-15-26(23-24-21-19(30-4)12-9-13-20(21)31-23)22(27)17-10-8-11-18(16-17)32(28,29)7-3;/h8-13,16H,5-7,14-15H2,1-4H3;1H. The average molecular weight is 528 g/mol. The SMILES string of the molecule is CCN(CC)CCN(C(=O)c1cccc(S(=O)(=O)CC)c1)c1nc2c(SC)cccc2s1.Cl. The molecule has 0 N–H and O–H groups in total. The van der Waals surface area contributed by atoms with Gasteiger partial charge in [-0.2, -0.15) is 0 Å². The Bertz CT molecular complexity index is 1190. The smallest absolute Gasteiger partial charge is 0.260 e. The molecular formula is C23H30ClN3O3S3. The number of anilines is 1. The number of amides is 1. The molecule has 0 aliphatic carbocycles. The van der Waals surface area contributed by atoms with E-state index in [0.717, 1.165) is 28.2 Å². The Morgan fingerprint density at radius 3 is 2.39 bits per heavy atom. The molecule has 1 aromatic heterocycles. The summed E-state index contributed by atoms with van der Waals surface area (Å²) < 4.78 is 25.7. The van der Waals surface area contributed by atoms with Crippen LogP contribution in [0.3, 0.4) is 0 Å². The second-order valence-corrected chi connectivity index (χ2v) is 11.4. The molecule has 180 valence electrons. The number of thioether (sulfide) groups is 1. The Hall–Kier alpha value is -1.65. The Morgan fingerprint density at radius 2 is 1.76 bits per heavy atom. The van der Waals surface area contributed by atoms with Crippen LogP contribution in [0.4, 0.5) is 5.13 Å². The van der Waals surface area contributed by atoms with Gasteiger partial charge in [0, 0.05) is 23.5 Å². The molecule has 6 nitrogen and oxygen atoms in total. The van der Waals surface area contributed by atoms with Gasteiger partial charge in [-0.05, 0) is 49.7 Å². The van der Waals surface area contributed by atoms with E-state index in [2.05, 4.69) is 18.7 Å². The van der Waals surface area contributed by atoms with E-state index in [0.29, 0.717) is 23.8 Å². The summed E-state index contributed by atoms with van der Waals surface area (Å²) in [6.07, 6.45) is 2.01. The van der Waals surface area contributed by atoms with Crippen LogP contribution in [-0.2, 0) is 9.84 Å². The van der Waals surface area contributed by atoms with Crippen molar-refractivity contribution in [3.05, 3.63) is 48.0 Å². The molecular weight excluding hydrogens is 498 g/mol. The topological polar surface area (TPSA) is 70.6 Å². The van der Waals surface area contributed by atoms with Crippen molar-refractivity contribution in [2.24, 2.45) is 0 Å². The molecule has 1 heterocycles. The molecule has 1 amide bonds. The van der Waals surface area contributed by atoms with Crippen LogP contribution in [-0.4, -0.2) is 62.4 Å². The van der Waals surface area contributed by atoms with Crippen LogP contribution in [0.15, 0.2) is 52.3 Å². The van der Waals surface area contributed by atoms with Gasteiger partial charge in [-0.1, -0.05) is 44.2 Å². The maximum absolute atomic E-state index is 13.6. The first-order valence-electron chi connectivity index (χ1n) is 10.6. The van der Waals surface area contributed by atoms with Gasteiger partial charge in [0.25, 0.3) is 5.91 Å². The second-order valence-electron chi connectivity index (χ2n) is 7.22. The summed E-state index contributed by atoms with van der Waals surface area (Å²) >= 11 is 3.11.